The van der Waals surface area contributed by atoms with Gasteiger partial charge in [0.2, 0.25) is 0 Å². The highest BCUT2D eigenvalue weighted by atomic mass is 19.4. The zero-order valence-corrected chi connectivity index (χ0v) is 8.04. The minimum Gasteiger partial charge on any atom is -0.493 e. The Hall–Kier alpha value is -1.92. The van der Waals surface area contributed by atoms with Crippen molar-refractivity contribution in [3.05, 3.63) is 23.8 Å². The van der Waals surface area contributed by atoms with Crippen molar-refractivity contribution in [1.29, 1.82) is 0 Å². The maximum Gasteiger partial charge on any atom is 0.573 e. The Labute approximate surface area is 88.2 Å². The zero-order chi connectivity index (χ0) is 12.3. The van der Waals surface area contributed by atoms with Crippen LogP contribution in [-0.4, -0.2) is 24.5 Å². The fraction of sp³-hybridized carbons (Fsp3) is 0.222. The van der Waals surface area contributed by atoms with Gasteiger partial charge in [-0.25, -0.2) is 4.79 Å². The van der Waals surface area contributed by atoms with Crippen molar-refractivity contribution in [1.82, 2.24) is 0 Å². The second kappa shape index (κ2) is 4.30. The standard InChI is InChI=1S/C9H7F3O4/c1-15-7-4-5(8(13)14)2-3-6(7)16-9(10,11)12/h2-4H,1H3,(H,13,14). The third kappa shape index (κ3) is 3.04. The normalized spacial score (nSPS) is 11.0. The second-order valence-electron chi connectivity index (χ2n) is 2.72. The molecule has 1 rings (SSSR count). The summed E-state index contributed by atoms with van der Waals surface area (Å²) in [6, 6.07) is 2.82. The molecule has 0 radical (unpaired) electrons. The molecule has 0 aliphatic heterocycles. The number of aromatic carboxylic acids is 1. The molecule has 0 unspecified atom stereocenters. The predicted molar refractivity (Wildman–Crippen MR) is 46.6 cm³/mol. The number of alkyl halides is 3. The van der Waals surface area contributed by atoms with Gasteiger partial charge in [-0.1, -0.05) is 0 Å². The number of rotatable bonds is 3. The van der Waals surface area contributed by atoms with Crippen LogP contribution in [0, 0.1) is 0 Å². The molecule has 16 heavy (non-hydrogen) atoms. The average Bonchev–Trinajstić information content (AvgIpc) is 2.15. The highest BCUT2D eigenvalue weighted by Gasteiger charge is 2.32. The van der Waals surface area contributed by atoms with E-state index in [0.717, 1.165) is 25.3 Å². The van der Waals surface area contributed by atoms with Crippen LogP contribution < -0.4 is 9.47 Å². The summed E-state index contributed by atoms with van der Waals surface area (Å²) in [5.41, 5.74) is -0.189. The van der Waals surface area contributed by atoms with Crippen LogP contribution >= 0.6 is 0 Å². The van der Waals surface area contributed by atoms with Crippen molar-refractivity contribution < 1.29 is 32.5 Å². The lowest BCUT2D eigenvalue weighted by molar-refractivity contribution is -0.275. The zero-order valence-electron chi connectivity index (χ0n) is 8.04. The van der Waals surface area contributed by atoms with Gasteiger partial charge < -0.3 is 14.6 Å². The van der Waals surface area contributed by atoms with Crippen LogP contribution in [0.25, 0.3) is 0 Å². The van der Waals surface area contributed by atoms with Crippen LogP contribution in [0.1, 0.15) is 10.4 Å². The number of carboxylic acid groups (broad SMARTS) is 1. The highest BCUT2D eigenvalue weighted by molar-refractivity contribution is 5.88. The lowest BCUT2D eigenvalue weighted by atomic mass is 10.2. The van der Waals surface area contributed by atoms with Crippen molar-refractivity contribution >= 4 is 5.97 Å². The number of benzene rings is 1. The molecular weight excluding hydrogens is 229 g/mol. The summed E-state index contributed by atoms with van der Waals surface area (Å²) >= 11 is 0. The molecule has 0 aromatic heterocycles. The van der Waals surface area contributed by atoms with Crippen LogP contribution in [0.15, 0.2) is 18.2 Å². The molecule has 0 saturated heterocycles. The van der Waals surface area contributed by atoms with Crippen molar-refractivity contribution in [3.8, 4) is 11.5 Å². The fourth-order valence-corrected chi connectivity index (χ4v) is 1.01. The molecule has 0 aliphatic carbocycles. The minimum absolute atomic E-state index is 0.189. The second-order valence-corrected chi connectivity index (χ2v) is 2.72. The summed E-state index contributed by atoms with van der Waals surface area (Å²) < 4.78 is 44.0. The molecule has 0 saturated carbocycles. The number of carboxylic acids is 1. The van der Waals surface area contributed by atoms with E-state index < -0.39 is 18.1 Å². The Kier molecular flexibility index (Phi) is 3.26. The van der Waals surface area contributed by atoms with Gasteiger partial charge in [0.05, 0.1) is 12.7 Å². The summed E-state index contributed by atoms with van der Waals surface area (Å²) in [7, 11) is 1.12. The van der Waals surface area contributed by atoms with Crippen molar-refractivity contribution in [2.24, 2.45) is 0 Å². The number of hydrogen-bond acceptors (Lipinski definition) is 3. The summed E-state index contributed by atoms with van der Waals surface area (Å²) in [6.45, 7) is 0. The van der Waals surface area contributed by atoms with Gasteiger partial charge in [0, 0.05) is 0 Å². The minimum atomic E-state index is -4.85. The van der Waals surface area contributed by atoms with Crippen LogP contribution in [0.4, 0.5) is 13.2 Å². The van der Waals surface area contributed by atoms with E-state index in [1.165, 1.54) is 0 Å². The summed E-state index contributed by atoms with van der Waals surface area (Å²) in [4.78, 5) is 10.5. The van der Waals surface area contributed by atoms with Crippen LogP contribution in [0.5, 0.6) is 11.5 Å². The molecule has 4 nitrogen and oxygen atoms in total. The van der Waals surface area contributed by atoms with Gasteiger partial charge >= 0.3 is 12.3 Å². The number of hydrogen-bond donors (Lipinski definition) is 1. The van der Waals surface area contributed by atoms with E-state index in [2.05, 4.69) is 9.47 Å². The Morgan fingerprint density at radius 1 is 1.31 bits per heavy atom. The number of ether oxygens (including phenoxy) is 2. The van der Waals surface area contributed by atoms with Gasteiger partial charge in [0.25, 0.3) is 0 Å². The van der Waals surface area contributed by atoms with Crippen LogP contribution in [0.2, 0.25) is 0 Å². The van der Waals surface area contributed by atoms with Gasteiger partial charge in [0.1, 0.15) is 0 Å². The van der Waals surface area contributed by atoms with E-state index in [-0.39, 0.29) is 11.3 Å². The first-order valence-corrected chi connectivity index (χ1v) is 4.00. The number of halogens is 3. The Bertz CT molecular complexity index is 400. The first-order valence-electron chi connectivity index (χ1n) is 4.00. The quantitative estimate of drug-likeness (QED) is 0.874. The predicted octanol–water partition coefficient (Wildman–Crippen LogP) is 2.29. The first kappa shape index (κ1) is 12.2. The fourth-order valence-electron chi connectivity index (χ4n) is 1.01. The molecule has 0 fully saturated rings. The van der Waals surface area contributed by atoms with Gasteiger partial charge in [-0.3, -0.25) is 0 Å². The molecule has 1 N–H and O–H groups in total. The first-order chi connectivity index (χ1) is 7.33. The molecule has 88 valence electrons. The molecule has 0 spiro atoms. The maximum atomic E-state index is 11.9. The molecule has 0 bridgehead atoms. The van der Waals surface area contributed by atoms with Crippen LogP contribution in [0.3, 0.4) is 0 Å². The van der Waals surface area contributed by atoms with Gasteiger partial charge in [0.15, 0.2) is 11.5 Å². The number of carbonyl (C=O) groups is 1. The molecule has 7 heteroatoms. The molecular formula is C9H7F3O4. The van der Waals surface area contributed by atoms with Crippen molar-refractivity contribution in [2.45, 2.75) is 6.36 Å². The molecule has 0 heterocycles. The van der Waals surface area contributed by atoms with Crippen molar-refractivity contribution in [3.63, 3.8) is 0 Å². The Morgan fingerprint density at radius 3 is 2.38 bits per heavy atom. The van der Waals surface area contributed by atoms with E-state index in [0.29, 0.717) is 0 Å². The van der Waals surface area contributed by atoms with Gasteiger partial charge in [-0.15, -0.1) is 13.2 Å². The SMILES string of the molecule is COc1cc(C(=O)O)ccc1OC(F)(F)F. The third-order valence-electron chi connectivity index (χ3n) is 1.64. The smallest absolute Gasteiger partial charge is 0.493 e. The largest absolute Gasteiger partial charge is 0.573 e. The molecule has 0 aliphatic rings. The maximum absolute atomic E-state index is 11.9. The van der Waals surface area contributed by atoms with E-state index in [4.69, 9.17) is 5.11 Å². The lowest BCUT2D eigenvalue weighted by Gasteiger charge is -2.12. The van der Waals surface area contributed by atoms with Crippen molar-refractivity contribution in [2.75, 3.05) is 7.11 Å². The van der Waals surface area contributed by atoms with Gasteiger partial charge in [-0.2, -0.15) is 0 Å². The lowest BCUT2D eigenvalue weighted by Crippen LogP contribution is -2.17. The average molecular weight is 236 g/mol. The highest BCUT2D eigenvalue weighted by Crippen LogP contribution is 2.32. The van der Waals surface area contributed by atoms with Crippen LogP contribution in [-0.2, 0) is 0 Å². The molecule has 0 atom stereocenters. The third-order valence-corrected chi connectivity index (χ3v) is 1.64. The monoisotopic (exact) mass is 236 g/mol. The van der Waals surface area contributed by atoms with E-state index in [1.54, 1.807) is 0 Å². The molecule has 1 aromatic carbocycles. The molecule has 1 aromatic rings. The molecule has 0 amide bonds. The summed E-state index contributed by atoms with van der Waals surface area (Å²) in [5, 5.41) is 8.61. The van der Waals surface area contributed by atoms with E-state index in [1.807, 2.05) is 0 Å². The Balaban J connectivity index is 3.07. The van der Waals surface area contributed by atoms with E-state index >= 15 is 0 Å². The Morgan fingerprint density at radius 2 is 1.94 bits per heavy atom. The topological polar surface area (TPSA) is 55.8 Å². The summed E-state index contributed by atoms with van der Waals surface area (Å²) in [5.74, 6) is -2.14. The summed E-state index contributed by atoms with van der Waals surface area (Å²) in [6.07, 6.45) is -4.85. The number of methoxy groups -OCH3 is 1. The van der Waals surface area contributed by atoms with Gasteiger partial charge in [-0.05, 0) is 18.2 Å². The van der Waals surface area contributed by atoms with E-state index in [9.17, 15) is 18.0 Å².